The number of primary amides is 1. The molecule has 0 bridgehead atoms. The van der Waals surface area contributed by atoms with Gasteiger partial charge in [0, 0.05) is 67.5 Å². The number of benzene rings is 3. The Morgan fingerprint density at radius 1 is 0.948 bits per heavy atom. The van der Waals surface area contributed by atoms with Gasteiger partial charge in [0.05, 0.1) is 23.1 Å². The molecular formula is C43H52N8O6S. The van der Waals surface area contributed by atoms with Gasteiger partial charge in [-0.05, 0) is 73.4 Å². The monoisotopic (exact) mass is 808 g/mol. The van der Waals surface area contributed by atoms with E-state index in [2.05, 4.69) is 27.0 Å². The third-order valence-electron chi connectivity index (χ3n) is 10.1. The van der Waals surface area contributed by atoms with Crippen LogP contribution in [0.15, 0.2) is 77.8 Å². The van der Waals surface area contributed by atoms with Gasteiger partial charge in [-0.1, -0.05) is 61.9 Å². The molecule has 0 saturated carbocycles. The van der Waals surface area contributed by atoms with Gasteiger partial charge in [-0.2, -0.15) is 0 Å². The summed E-state index contributed by atoms with van der Waals surface area (Å²) < 4.78 is 1.63. The Bertz CT molecular complexity index is 2090. The number of carbonyl (C=O) groups is 6. The van der Waals surface area contributed by atoms with Crippen molar-refractivity contribution in [1.29, 1.82) is 0 Å². The Labute approximate surface area is 343 Å². The van der Waals surface area contributed by atoms with E-state index in [-0.39, 0.29) is 35.8 Å². The zero-order chi connectivity index (χ0) is 41.4. The first-order chi connectivity index (χ1) is 28.0. The predicted octanol–water partition coefficient (Wildman–Crippen LogP) is 5.93. The van der Waals surface area contributed by atoms with E-state index in [1.54, 1.807) is 57.7 Å². The number of aromatic nitrogens is 3. The van der Waals surface area contributed by atoms with Gasteiger partial charge in [0.15, 0.2) is 6.29 Å². The number of likely N-dealkylation sites (N-methyl/N-ethyl adjacent to an activating group) is 1. The molecule has 1 fully saturated rings. The molecule has 0 radical (unpaired) electrons. The van der Waals surface area contributed by atoms with E-state index >= 15 is 0 Å². The standard InChI is InChI=1S/C43H52N8O6S/c1-49(26-30-13-11-16-36(23-30)58-29-34-27-51(48-47-34)35-15-12-14-31(25-35)41(44)55)40(54)17-9-7-5-3-4-6-8-10-22-45-33-18-19-37(32(24-33)28-52)43(57)50(2)38-20-21-39(53)46-42(38)56/h11-16,18-19,23-25,27-28,38,45H,3-10,17,20-22,26,29H2,1-2H3,(H2,44,55)(H,46,53,56). The van der Waals surface area contributed by atoms with Gasteiger partial charge >= 0.3 is 0 Å². The van der Waals surface area contributed by atoms with Crippen molar-refractivity contribution in [2.75, 3.05) is 26.0 Å². The Morgan fingerprint density at radius 2 is 1.69 bits per heavy atom. The zero-order valence-corrected chi connectivity index (χ0v) is 34.0. The molecule has 58 heavy (non-hydrogen) atoms. The number of imide groups is 1. The molecule has 0 aliphatic carbocycles. The summed E-state index contributed by atoms with van der Waals surface area (Å²) in [6.07, 6.45) is 11.8. The van der Waals surface area contributed by atoms with E-state index in [0.717, 1.165) is 79.8 Å². The van der Waals surface area contributed by atoms with E-state index in [1.165, 1.54) is 11.9 Å². The molecule has 3 aromatic carbocycles. The number of nitrogens with zero attached hydrogens (tertiary/aromatic N) is 5. The maximum atomic E-state index is 13.1. The highest BCUT2D eigenvalue weighted by molar-refractivity contribution is 7.98. The lowest BCUT2D eigenvalue weighted by Gasteiger charge is -2.30. The number of unbranched alkanes of at least 4 members (excludes halogenated alkanes) is 7. The molecular weight excluding hydrogens is 757 g/mol. The van der Waals surface area contributed by atoms with Crippen molar-refractivity contribution in [3.63, 3.8) is 0 Å². The highest BCUT2D eigenvalue weighted by Crippen LogP contribution is 2.24. The summed E-state index contributed by atoms with van der Waals surface area (Å²) in [5.74, 6) is -1.04. The van der Waals surface area contributed by atoms with Crippen LogP contribution in [0, 0.1) is 0 Å². The van der Waals surface area contributed by atoms with Crippen molar-refractivity contribution in [3.8, 4) is 5.69 Å². The molecule has 1 aliphatic rings. The molecule has 2 heterocycles. The molecule has 4 aromatic rings. The summed E-state index contributed by atoms with van der Waals surface area (Å²) in [6, 6.07) is 19.4. The molecule has 1 aromatic heterocycles. The number of aldehydes is 1. The Balaban J connectivity index is 0.911. The maximum Gasteiger partial charge on any atom is 0.255 e. The molecule has 15 heteroatoms. The second-order valence-corrected chi connectivity index (χ2v) is 15.6. The van der Waals surface area contributed by atoms with Crippen molar-refractivity contribution in [2.45, 2.75) is 93.9 Å². The number of anilines is 1. The third kappa shape index (κ3) is 12.6. The van der Waals surface area contributed by atoms with Crippen LogP contribution in [0.5, 0.6) is 0 Å². The van der Waals surface area contributed by atoms with Crippen LogP contribution in [-0.4, -0.2) is 87.3 Å². The van der Waals surface area contributed by atoms with Gasteiger partial charge in [0.2, 0.25) is 23.6 Å². The summed E-state index contributed by atoms with van der Waals surface area (Å²) >= 11 is 1.64. The molecule has 1 atom stereocenters. The number of thioether (sulfide) groups is 1. The summed E-state index contributed by atoms with van der Waals surface area (Å²) in [6.45, 7) is 1.28. The highest BCUT2D eigenvalue weighted by atomic mass is 32.2. The Kier molecular flexibility index (Phi) is 16.1. The molecule has 1 unspecified atom stereocenters. The number of amides is 5. The molecule has 1 saturated heterocycles. The van der Waals surface area contributed by atoms with Crippen LogP contribution < -0.4 is 16.4 Å². The Hall–Kier alpha value is -5.83. The lowest BCUT2D eigenvalue weighted by Crippen LogP contribution is -2.53. The molecule has 306 valence electrons. The van der Waals surface area contributed by atoms with Crippen LogP contribution in [0.2, 0.25) is 0 Å². The number of carbonyl (C=O) groups excluding carboxylic acids is 6. The van der Waals surface area contributed by atoms with Gasteiger partial charge < -0.3 is 20.9 Å². The minimum Gasteiger partial charge on any atom is -0.385 e. The Morgan fingerprint density at radius 3 is 2.43 bits per heavy atom. The van der Waals surface area contributed by atoms with Gasteiger partial charge in [-0.3, -0.25) is 34.1 Å². The smallest absolute Gasteiger partial charge is 0.255 e. The maximum absolute atomic E-state index is 13.1. The van der Waals surface area contributed by atoms with Crippen molar-refractivity contribution in [3.05, 3.63) is 101 Å². The fourth-order valence-electron chi connectivity index (χ4n) is 6.78. The van der Waals surface area contributed by atoms with Crippen molar-refractivity contribution in [1.82, 2.24) is 30.1 Å². The van der Waals surface area contributed by atoms with Crippen LogP contribution >= 0.6 is 11.8 Å². The number of piperidine rings is 1. The minimum atomic E-state index is -0.759. The van der Waals surface area contributed by atoms with Crippen LogP contribution in [0.3, 0.4) is 0 Å². The molecule has 4 N–H and O–H groups in total. The summed E-state index contributed by atoms with van der Waals surface area (Å²) in [5, 5.41) is 14.1. The summed E-state index contributed by atoms with van der Waals surface area (Å²) in [7, 11) is 3.36. The van der Waals surface area contributed by atoms with E-state index in [9.17, 15) is 28.8 Å². The molecule has 5 rings (SSSR count). The zero-order valence-electron chi connectivity index (χ0n) is 33.2. The highest BCUT2D eigenvalue weighted by Gasteiger charge is 2.33. The predicted molar refractivity (Wildman–Crippen MR) is 222 cm³/mol. The summed E-state index contributed by atoms with van der Waals surface area (Å²) in [5.41, 5.74) is 9.59. The fraction of sp³-hybridized carbons (Fsp3) is 0.395. The fourth-order valence-corrected chi connectivity index (χ4v) is 7.64. The van der Waals surface area contributed by atoms with Crippen LogP contribution in [-0.2, 0) is 26.7 Å². The van der Waals surface area contributed by atoms with E-state index in [4.69, 9.17) is 5.73 Å². The lowest BCUT2D eigenvalue weighted by atomic mass is 10.0. The molecule has 0 spiro atoms. The first-order valence-electron chi connectivity index (χ1n) is 19.7. The van der Waals surface area contributed by atoms with E-state index in [0.29, 0.717) is 36.3 Å². The molecule has 1 aliphatic heterocycles. The van der Waals surface area contributed by atoms with E-state index < -0.39 is 23.8 Å². The number of nitrogens with two attached hydrogens (primary N) is 1. The topological polar surface area (TPSA) is 190 Å². The average molecular weight is 809 g/mol. The SMILES string of the molecule is CN(Cc1cccc(SCc2cn(-c3cccc(C(N)=O)c3)nn2)c1)C(=O)CCCCCCCCCCNc1ccc(C(=O)N(C)C2CCC(=O)NC2=O)c(C=O)c1. The number of nitrogens with one attached hydrogen (secondary N) is 2. The largest absolute Gasteiger partial charge is 0.385 e. The van der Waals surface area contributed by atoms with Crippen LogP contribution in [0.4, 0.5) is 5.69 Å². The van der Waals surface area contributed by atoms with Gasteiger partial charge in [0.1, 0.15) is 6.04 Å². The average Bonchev–Trinajstić information content (AvgIpc) is 3.71. The minimum absolute atomic E-state index is 0.142. The van der Waals surface area contributed by atoms with Crippen LogP contribution in [0.25, 0.3) is 5.69 Å². The third-order valence-corrected chi connectivity index (χ3v) is 11.1. The van der Waals surface area contributed by atoms with Gasteiger partial charge in [0.25, 0.3) is 5.91 Å². The van der Waals surface area contributed by atoms with Crippen molar-refractivity contribution in [2.24, 2.45) is 5.73 Å². The first-order valence-corrected chi connectivity index (χ1v) is 20.7. The van der Waals surface area contributed by atoms with Crippen LogP contribution in [0.1, 0.15) is 113 Å². The summed E-state index contributed by atoms with van der Waals surface area (Å²) in [4.78, 5) is 77.1. The molecule has 14 nitrogen and oxygen atoms in total. The second kappa shape index (κ2) is 21.6. The number of hydrogen-bond donors (Lipinski definition) is 3. The van der Waals surface area contributed by atoms with Crippen molar-refractivity contribution < 1.29 is 28.8 Å². The number of hydrogen-bond acceptors (Lipinski definition) is 10. The van der Waals surface area contributed by atoms with Gasteiger partial charge in [-0.25, -0.2) is 4.68 Å². The van der Waals surface area contributed by atoms with Gasteiger partial charge in [-0.15, -0.1) is 16.9 Å². The first kappa shape index (κ1) is 43.3. The quantitative estimate of drug-likeness (QED) is 0.0372. The second-order valence-electron chi connectivity index (χ2n) is 14.6. The van der Waals surface area contributed by atoms with E-state index in [1.807, 2.05) is 37.5 Å². The van der Waals surface area contributed by atoms with Crippen molar-refractivity contribution >= 4 is 53.3 Å². The lowest BCUT2D eigenvalue weighted by molar-refractivity contribution is -0.136. The number of rotatable bonds is 22. The normalized spacial score (nSPS) is 13.8. The molecule has 5 amide bonds.